The molecule has 3 unspecified atom stereocenters. The Bertz CT molecular complexity index is 1300. The molecular formula is C24H28ClN3O7S. The Hall–Kier alpha value is -2.99. The molecule has 36 heavy (non-hydrogen) atoms. The van der Waals surface area contributed by atoms with Crippen molar-refractivity contribution in [3.63, 3.8) is 0 Å². The summed E-state index contributed by atoms with van der Waals surface area (Å²) in [7, 11) is -0.289. The summed E-state index contributed by atoms with van der Waals surface area (Å²) in [4.78, 5) is 37.2. The quantitative estimate of drug-likeness (QED) is 0.249. The van der Waals surface area contributed by atoms with Gasteiger partial charge in [0.1, 0.15) is 17.0 Å². The van der Waals surface area contributed by atoms with Crippen LogP contribution in [0.25, 0.3) is 0 Å². The number of hydrogen-bond donors (Lipinski definition) is 3. The summed E-state index contributed by atoms with van der Waals surface area (Å²) in [5, 5.41) is 16.4. The van der Waals surface area contributed by atoms with Gasteiger partial charge in [-0.15, -0.1) is 0 Å². The molecule has 0 bridgehead atoms. The number of halogens is 1. The van der Waals surface area contributed by atoms with Crippen molar-refractivity contribution >= 4 is 44.8 Å². The molecule has 0 amide bonds. The Morgan fingerprint density at radius 1 is 1.08 bits per heavy atom. The summed E-state index contributed by atoms with van der Waals surface area (Å²) in [5.41, 5.74) is -0.539. The lowest BCUT2D eigenvalue weighted by Crippen LogP contribution is -2.68. The van der Waals surface area contributed by atoms with Crippen LogP contribution in [0.3, 0.4) is 0 Å². The number of hydrogen-bond acceptors (Lipinski definition) is 9. The van der Waals surface area contributed by atoms with Crippen LogP contribution in [0.15, 0.2) is 47.4 Å². The molecule has 0 spiro atoms. The first-order valence-corrected chi connectivity index (χ1v) is 12.7. The third-order valence-electron chi connectivity index (χ3n) is 6.19. The molecule has 3 rings (SSSR count). The van der Waals surface area contributed by atoms with Gasteiger partial charge in [0, 0.05) is 20.1 Å². The maximum atomic E-state index is 12.7. The minimum absolute atomic E-state index is 0.0963. The number of ether oxygens (including phenoxy) is 1. The van der Waals surface area contributed by atoms with E-state index < -0.39 is 61.7 Å². The van der Waals surface area contributed by atoms with E-state index in [1.807, 2.05) is 0 Å². The molecule has 3 N–H and O–H groups in total. The molecule has 1 aliphatic carbocycles. The van der Waals surface area contributed by atoms with Crippen molar-refractivity contribution in [2.45, 2.75) is 36.9 Å². The van der Waals surface area contributed by atoms with Gasteiger partial charge in [0.2, 0.25) is 21.6 Å². The number of Topliss-reactive ketones (excluding diaryl/α,β-unsaturated/α-hetero) is 2. The highest BCUT2D eigenvalue weighted by Crippen LogP contribution is 2.40. The van der Waals surface area contributed by atoms with E-state index in [0.29, 0.717) is 5.56 Å². The summed E-state index contributed by atoms with van der Waals surface area (Å²) < 4.78 is 31.2. The molecule has 0 heterocycles. The van der Waals surface area contributed by atoms with Crippen molar-refractivity contribution in [1.82, 2.24) is 9.62 Å². The normalized spacial score (nSPS) is 19.1. The lowest BCUT2D eigenvalue weighted by Gasteiger charge is -2.41. The number of esters is 1. The van der Waals surface area contributed by atoms with Crippen LogP contribution in [-0.4, -0.2) is 68.7 Å². The lowest BCUT2D eigenvalue weighted by atomic mass is 9.76. The van der Waals surface area contributed by atoms with Gasteiger partial charge < -0.3 is 15.2 Å². The van der Waals surface area contributed by atoms with Crippen LogP contribution >= 0.6 is 11.6 Å². The Morgan fingerprint density at radius 3 is 2.22 bits per heavy atom. The molecule has 1 aliphatic rings. The van der Waals surface area contributed by atoms with E-state index in [1.165, 1.54) is 33.3 Å². The Labute approximate surface area is 214 Å². The first-order valence-electron chi connectivity index (χ1n) is 10.9. The van der Waals surface area contributed by atoms with Gasteiger partial charge in [-0.25, -0.2) is 12.7 Å². The number of nitrogens with one attached hydrogen (secondary N) is 2. The molecule has 3 atom stereocenters. The van der Waals surface area contributed by atoms with E-state index in [-0.39, 0.29) is 10.7 Å². The van der Waals surface area contributed by atoms with E-state index in [0.717, 1.165) is 4.31 Å². The highest BCUT2D eigenvalue weighted by molar-refractivity contribution is 7.89. The molecular weight excluding hydrogens is 510 g/mol. The summed E-state index contributed by atoms with van der Waals surface area (Å²) >= 11 is 6.05. The highest BCUT2D eigenvalue weighted by atomic mass is 35.5. The van der Waals surface area contributed by atoms with Crippen molar-refractivity contribution in [2.24, 2.45) is 5.41 Å². The second-order valence-corrected chi connectivity index (χ2v) is 11.6. The number of methoxy groups -OCH3 is 1. The third kappa shape index (κ3) is 4.83. The zero-order valence-electron chi connectivity index (χ0n) is 20.4. The molecule has 1 saturated carbocycles. The van der Waals surface area contributed by atoms with Crippen LogP contribution in [0.1, 0.15) is 25.5 Å². The van der Waals surface area contributed by atoms with Crippen molar-refractivity contribution < 1.29 is 32.6 Å². The number of carbonyl (C=O) groups excluding carboxylic acids is 3. The van der Waals surface area contributed by atoms with Crippen LogP contribution in [0, 0.1) is 5.41 Å². The van der Waals surface area contributed by atoms with E-state index >= 15 is 0 Å². The summed E-state index contributed by atoms with van der Waals surface area (Å²) in [6, 6.07) is 8.55. The van der Waals surface area contributed by atoms with Crippen LogP contribution in [-0.2, 0) is 29.1 Å². The van der Waals surface area contributed by atoms with Crippen molar-refractivity contribution in [1.29, 1.82) is 0 Å². The van der Waals surface area contributed by atoms with Crippen LogP contribution in [0.2, 0.25) is 5.02 Å². The number of nitrogens with zero attached hydrogens (tertiary/aromatic N) is 1. The molecule has 0 aliphatic heterocycles. The number of phenolic OH excluding ortho intramolecular Hbond substituents is 1. The summed E-state index contributed by atoms with van der Waals surface area (Å²) in [6.45, 7) is 3.31. The highest BCUT2D eigenvalue weighted by Gasteiger charge is 2.52. The molecule has 2 aromatic carbocycles. The molecule has 0 radical (unpaired) electrons. The number of carbonyl (C=O) groups is 3. The maximum absolute atomic E-state index is 12.7. The van der Waals surface area contributed by atoms with Gasteiger partial charge >= 0.3 is 5.97 Å². The van der Waals surface area contributed by atoms with Crippen LogP contribution < -0.4 is 10.6 Å². The van der Waals surface area contributed by atoms with E-state index in [2.05, 4.69) is 10.6 Å². The van der Waals surface area contributed by atoms with Gasteiger partial charge in [0.05, 0.1) is 23.2 Å². The zero-order chi connectivity index (χ0) is 27.0. The van der Waals surface area contributed by atoms with Crippen molar-refractivity contribution in [3.05, 3.63) is 53.1 Å². The monoisotopic (exact) mass is 537 g/mol. The van der Waals surface area contributed by atoms with Gasteiger partial charge in [0.25, 0.3) is 0 Å². The van der Waals surface area contributed by atoms with E-state index in [4.69, 9.17) is 16.3 Å². The zero-order valence-corrected chi connectivity index (χ0v) is 22.0. The lowest BCUT2D eigenvalue weighted by molar-refractivity contribution is -0.154. The number of anilines is 1. The van der Waals surface area contributed by atoms with Gasteiger partial charge in [-0.05, 0) is 31.5 Å². The molecule has 10 nitrogen and oxygen atoms in total. The first kappa shape index (κ1) is 27.6. The minimum Gasteiger partial charge on any atom is -0.504 e. The predicted molar refractivity (Wildman–Crippen MR) is 133 cm³/mol. The molecule has 0 saturated heterocycles. The number of ketones is 2. The number of sulfonamides is 1. The first-order chi connectivity index (χ1) is 16.7. The SMILES string of the molecule is COC(=O)C(C)(C)C(NC1C(=O)C(=O)C1Nc1ccc(Cl)c(S(=O)(=O)N(C)C)c1O)c1ccccc1. The van der Waals surface area contributed by atoms with Crippen molar-refractivity contribution in [3.8, 4) is 5.75 Å². The number of phenols is 1. The van der Waals surface area contributed by atoms with Gasteiger partial charge in [-0.3, -0.25) is 19.7 Å². The molecule has 194 valence electrons. The predicted octanol–water partition coefficient (Wildman–Crippen LogP) is 2.13. The average molecular weight is 538 g/mol. The fourth-order valence-electron chi connectivity index (χ4n) is 4.02. The smallest absolute Gasteiger partial charge is 0.313 e. The molecule has 0 aromatic heterocycles. The van der Waals surface area contributed by atoms with Gasteiger partial charge in [-0.1, -0.05) is 41.9 Å². The standard InChI is InChI=1S/C24H28ClN3O7S/c1-24(2,23(32)35-5)22(13-9-7-6-8-10-13)27-17-16(19(30)20(17)31)26-15-12-11-14(25)21(18(15)29)36(33,34)28(3)4/h6-12,16-17,22,26-27,29H,1-5H3. The molecule has 12 heteroatoms. The molecule has 2 aromatic rings. The van der Waals surface area contributed by atoms with Crippen LogP contribution in [0.4, 0.5) is 5.69 Å². The van der Waals surface area contributed by atoms with E-state index in [1.54, 1.807) is 44.2 Å². The largest absolute Gasteiger partial charge is 0.504 e. The summed E-state index contributed by atoms with van der Waals surface area (Å²) in [6.07, 6.45) is 0. The Morgan fingerprint density at radius 2 is 1.67 bits per heavy atom. The fraction of sp³-hybridized carbons (Fsp3) is 0.375. The van der Waals surface area contributed by atoms with Gasteiger partial charge in [-0.2, -0.15) is 0 Å². The fourth-order valence-corrected chi connectivity index (χ4v) is 5.50. The second kappa shape index (κ2) is 10.2. The average Bonchev–Trinajstić information content (AvgIpc) is 2.83. The Kier molecular flexibility index (Phi) is 7.80. The Balaban J connectivity index is 1.97. The van der Waals surface area contributed by atoms with E-state index in [9.17, 15) is 27.9 Å². The van der Waals surface area contributed by atoms with Crippen molar-refractivity contribution in [2.75, 3.05) is 26.5 Å². The maximum Gasteiger partial charge on any atom is 0.313 e. The van der Waals surface area contributed by atoms with Crippen LogP contribution in [0.5, 0.6) is 5.75 Å². The third-order valence-corrected chi connectivity index (χ3v) is 8.50. The topological polar surface area (TPSA) is 142 Å². The second-order valence-electron chi connectivity index (χ2n) is 9.11. The molecule has 1 fully saturated rings. The summed E-state index contributed by atoms with van der Waals surface area (Å²) in [5.74, 6) is -2.69. The van der Waals surface area contributed by atoms with Gasteiger partial charge in [0.15, 0.2) is 5.75 Å². The number of aromatic hydroxyl groups is 1. The number of rotatable bonds is 9. The minimum atomic E-state index is -4.12. The number of benzene rings is 2.